The first-order valence-corrected chi connectivity index (χ1v) is 6.83. The Morgan fingerprint density at radius 1 is 1.36 bits per heavy atom. The number of carbonyl (C=O) groups excluding carboxylic acids is 1. The molecule has 0 fully saturated rings. The van der Waals surface area contributed by atoms with E-state index in [0.29, 0.717) is 24.2 Å². The smallest absolute Gasteiger partial charge is 0.340 e. The normalized spacial score (nSPS) is 14.0. The van der Waals surface area contributed by atoms with E-state index in [-0.39, 0.29) is 11.3 Å². The molecule has 1 aliphatic rings. The number of aromatic nitrogens is 2. The summed E-state index contributed by atoms with van der Waals surface area (Å²) in [6.45, 7) is 1.58. The van der Waals surface area contributed by atoms with Crippen LogP contribution in [0.4, 0.5) is 13.2 Å². The van der Waals surface area contributed by atoms with Crippen molar-refractivity contribution in [1.82, 2.24) is 9.55 Å². The molecule has 0 N–H and O–H groups in total. The molecule has 0 radical (unpaired) electrons. The molecule has 0 saturated carbocycles. The molecular weight excluding hydrogens is 293 g/mol. The average molecular weight is 306 g/mol. The van der Waals surface area contributed by atoms with Crippen molar-refractivity contribution in [3.05, 3.63) is 47.4 Å². The topological polar surface area (TPSA) is 34.9 Å². The van der Waals surface area contributed by atoms with E-state index in [4.69, 9.17) is 0 Å². The highest BCUT2D eigenvalue weighted by Gasteiger charge is 2.42. The van der Waals surface area contributed by atoms with E-state index >= 15 is 0 Å². The van der Waals surface area contributed by atoms with Crippen LogP contribution in [0.1, 0.15) is 35.0 Å². The molecule has 1 aliphatic heterocycles. The number of pyridine rings is 1. The Bertz CT molecular complexity index is 758. The van der Waals surface area contributed by atoms with Crippen molar-refractivity contribution >= 4 is 11.9 Å². The molecule has 0 amide bonds. The summed E-state index contributed by atoms with van der Waals surface area (Å²) in [7, 11) is 0. The van der Waals surface area contributed by atoms with Gasteiger partial charge in [-0.15, -0.1) is 0 Å². The minimum Gasteiger partial charge on any atom is -0.340 e. The fourth-order valence-corrected chi connectivity index (χ4v) is 2.88. The molecule has 22 heavy (non-hydrogen) atoms. The number of ketones is 1. The van der Waals surface area contributed by atoms with Crippen LogP contribution in [0.15, 0.2) is 30.6 Å². The van der Waals surface area contributed by atoms with Gasteiger partial charge in [0.2, 0.25) is 0 Å². The largest absolute Gasteiger partial charge is 0.419 e. The van der Waals surface area contributed by atoms with Crippen molar-refractivity contribution in [2.24, 2.45) is 0 Å². The van der Waals surface area contributed by atoms with Crippen LogP contribution in [0, 0.1) is 0 Å². The van der Waals surface area contributed by atoms with Crippen molar-refractivity contribution in [2.75, 3.05) is 0 Å². The minimum atomic E-state index is -4.61. The molecule has 0 aliphatic carbocycles. The summed E-state index contributed by atoms with van der Waals surface area (Å²) < 4.78 is 42.5. The van der Waals surface area contributed by atoms with E-state index in [1.807, 2.05) is 0 Å². The average Bonchev–Trinajstić information content (AvgIpc) is 2.83. The number of allylic oxidation sites excluding steroid dienone is 1. The highest BCUT2D eigenvalue weighted by Crippen LogP contribution is 2.44. The molecule has 0 spiro atoms. The zero-order valence-corrected chi connectivity index (χ0v) is 11.8. The first-order valence-electron chi connectivity index (χ1n) is 6.83. The van der Waals surface area contributed by atoms with Crippen molar-refractivity contribution in [2.45, 2.75) is 26.1 Å². The first kappa shape index (κ1) is 14.6. The summed E-state index contributed by atoms with van der Waals surface area (Å²) in [4.78, 5) is 15.8. The van der Waals surface area contributed by atoms with E-state index in [1.54, 1.807) is 28.9 Å². The molecule has 0 atom stereocenters. The van der Waals surface area contributed by atoms with Crippen molar-refractivity contribution < 1.29 is 18.0 Å². The third-order valence-electron chi connectivity index (χ3n) is 3.67. The number of hydrogen-bond acceptors (Lipinski definition) is 2. The Balaban J connectivity index is 2.42. The quantitative estimate of drug-likeness (QED) is 0.780. The lowest BCUT2D eigenvalue weighted by molar-refractivity contribution is -0.137. The third-order valence-corrected chi connectivity index (χ3v) is 3.67. The van der Waals surface area contributed by atoms with Gasteiger partial charge in [-0.2, -0.15) is 13.2 Å². The summed E-state index contributed by atoms with van der Waals surface area (Å²) in [6.07, 6.45) is 2.29. The standard InChI is InChI=1S/C16H13F3N2O/c1-10(22)13-12-6-2-3-8-21(12)15(14(13)16(17,18)19)11-5-4-7-20-9-11/h2,4-7,9H,3,8H2,1H3. The Morgan fingerprint density at radius 2 is 2.14 bits per heavy atom. The molecule has 0 aromatic carbocycles. The Kier molecular flexibility index (Phi) is 3.39. The second kappa shape index (κ2) is 5.12. The SMILES string of the molecule is CC(=O)c1c(C(F)(F)F)c(-c2cccnc2)n2c1C=CCC2. The molecule has 3 nitrogen and oxygen atoms in total. The Morgan fingerprint density at radius 3 is 2.73 bits per heavy atom. The molecule has 0 saturated heterocycles. The molecule has 3 heterocycles. The highest BCUT2D eigenvalue weighted by molar-refractivity contribution is 6.01. The maximum atomic E-state index is 13.6. The fourth-order valence-electron chi connectivity index (χ4n) is 2.88. The summed E-state index contributed by atoms with van der Waals surface area (Å²) in [5.74, 6) is -0.585. The molecule has 2 aromatic heterocycles. The summed E-state index contributed by atoms with van der Waals surface area (Å²) in [5.41, 5.74) is -0.425. The molecule has 0 unspecified atom stereocenters. The van der Waals surface area contributed by atoms with Crippen LogP contribution in [-0.2, 0) is 12.7 Å². The zero-order valence-electron chi connectivity index (χ0n) is 11.8. The van der Waals surface area contributed by atoms with Crippen molar-refractivity contribution in [3.8, 4) is 11.3 Å². The number of nitrogens with zero attached hydrogens (tertiary/aromatic N) is 2. The van der Waals surface area contributed by atoms with Gasteiger partial charge in [-0.05, 0) is 31.6 Å². The molecule has 6 heteroatoms. The number of carbonyl (C=O) groups is 1. The van der Waals surface area contributed by atoms with Gasteiger partial charge in [0.05, 0.1) is 22.5 Å². The van der Waals surface area contributed by atoms with Crippen LogP contribution in [0.25, 0.3) is 17.3 Å². The van der Waals surface area contributed by atoms with Crippen LogP contribution in [0.3, 0.4) is 0 Å². The van der Waals surface area contributed by atoms with E-state index in [2.05, 4.69) is 4.98 Å². The number of Topliss-reactive ketones (excluding diaryl/α,β-unsaturated/α-hetero) is 1. The van der Waals surface area contributed by atoms with Crippen LogP contribution in [0.5, 0.6) is 0 Å². The lowest BCUT2D eigenvalue weighted by Crippen LogP contribution is -2.11. The predicted molar refractivity (Wildman–Crippen MR) is 76.3 cm³/mol. The molecule has 2 aromatic rings. The molecule has 114 valence electrons. The minimum absolute atomic E-state index is 0.0187. The summed E-state index contributed by atoms with van der Waals surface area (Å²) in [6, 6.07) is 3.16. The van der Waals surface area contributed by atoms with Gasteiger partial charge in [0.15, 0.2) is 5.78 Å². The highest BCUT2D eigenvalue weighted by atomic mass is 19.4. The summed E-state index contributed by atoms with van der Waals surface area (Å²) in [5, 5.41) is 0. The van der Waals surface area contributed by atoms with Crippen LogP contribution >= 0.6 is 0 Å². The van der Waals surface area contributed by atoms with Gasteiger partial charge in [0, 0.05) is 24.5 Å². The number of fused-ring (bicyclic) bond motifs is 1. The Labute approximate surface area is 125 Å². The van der Waals surface area contributed by atoms with Gasteiger partial charge in [-0.1, -0.05) is 6.08 Å². The number of halogens is 3. The summed E-state index contributed by atoms with van der Waals surface area (Å²) >= 11 is 0. The second-order valence-electron chi connectivity index (χ2n) is 5.12. The molecule has 0 bridgehead atoms. The predicted octanol–water partition coefficient (Wildman–Crippen LogP) is 4.19. The monoisotopic (exact) mass is 306 g/mol. The first-order chi connectivity index (χ1) is 10.4. The lowest BCUT2D eigenvalue weighted by Gasteiger charge is -2.15. The number of hydrogen-bond donors (Lipinski definition) is 0. The maximum absolute atomic E-state index is 13.6. The molecular formula is C16H13F3N2O. The van der Waals surface area contributed by atoms with Crippen LogP contribution in [0.2, 0.25) is 0 Å². The van der Waals surface area contributed by atoms with Gasteiger partial charge < -0.3 is 4.57 Å². The van der Waals surface area contributed by atoms with E-state index in [0.717, 1.165) is 0 Å². The Hall–Kier alpha value is -2.37. The molecule has 3 rings (SSSR count). The van der Waals surface area contributed by atoms with Gasteiger partial charge in [0.1, 0.15) is 0 Å². The number of rotatable bonds is 2. The van der Waals surface area contributed by atoms with Gasteiger partial charge >= 0.3 is 6.18 Å². The van der Waals surface area contributed by atoms with Crippen molar-refractivity contribution in [1.29, 1.82) is 0 Å². The van der Waals surface area contributed by atoms with Crippen molar-refractivity contribution in [3.63, 3.8) is 0 Å². The lowest BCUT2D eigenvalue weighted by atomic mass is 10.0. The third kappa shape index (κ3) is 2.24. The second-order valence-corrected chi connectivity index (χ2v) is 5.12. The van der Waals surface area contributed by atoms with Gasteiger partial charge in [0.25, 0.3) is 0 Å². The van der Waals surface area contributed by atoms with E-state index in [1.165, 1.54) is 19.3 Å². The maximum Gasteiger partial charge on any atom is 0.419 e. The zero-order chi connectivity index (χ0) is 15.9. The fraction of sp³-hybridized carbons (Fsp3) is 0.250. The number of alkyl halides is 3. The van der Waals surface area contributed by atoms with Gasteiger partial charge in [-0.25, -0.2) is 0 Å². The van der Waals surface area contributed by atoms with Crippen LogP contribution in [-0.4, -0.2) is 15.3 Å². The van der Waals surface area contributed by atoms with Gasteiger partial charge in [-0.3, -0.25) is 9.78 Å². The van der Waals surface area contributed by atoms with E-state index < -0.39 is 17.5 Å². The van der Waals surface area contributed by atoms with E-state index in [9.17, 15) is 18.0 Å². The van der Waals surface area contributed by atoms with Crippen LogP contribution < -0.4 is 0 Å².